The maximum absolute atomic E-state index is 4.80. The Balaban J connectivity index is 1.99. The van der Waals surface area contributed by atoms with Crippen LogP contribution in [-0.2, 0) is 18.7 Å². The van der Waals surface area contributed by atoms with Crippen LogP contribution in [0.25, 0.3) is 0 Å². The first-order valence-electron chi connectivity index (χ1n) is 7.38. The molecular formula is C17H24N2S2. The van der Waals surface area contributed by atoms with Crippen molar-refractivity contribution in [1.29, 1.82) is 0 Å². The molecule has 0 spiro atoms. The van der Waals surface area contributed by atoms with E-state index in [4.69, 9.17) is 4.98 Å². The number of nitrogens with one attached hydrogen (secondary N) is 1. The minimum atomic E-state index is 0.147. The highest BCUT2D eigenvalue weighted by Crippen LogP contribution is 2.27. The zero-order valence-electron chi connectivity index (χ0n) is 13.3. The third-order valence-corrected chi connectivity index (χ3v) is 5.35. The first kappa shape index (κ1) is 16.5. The summed E-state index contributed by atoms with van der Waals surface area (Å²) in [5.74, 6) is 0.956. The van der Waals surface area contributed by atoms with E-state index in [9.17, 15) is 0 Å². The molecule has 1 aromatic carbocycles. The topological polar surface area (TPSA) is 24.9 Å². The van der Waals surface area contributed by atoms with Gasteiger partial charge in [-0.05, 0) is 39.3 Å². The Bertz CT molecular complexity index is 556. The molecule has 21 heavy (non-hydrogen) atoms. The smallest absolute Gasteiger partial charge is 0.103 e. The first-order valence-corrected chi connectivity index (χ1v) is 9.18. The Kier molecular flexibility index (Phi) is 5.85. The van der Waals surface area contributed by atoms with Crippen molar-refractivity contribution in [2.75, 3.05) is 0 Å². The molecule has 0 saturated carbocycles. The summed E-state index contributed by atoms with van der Waals surface area (Å²) in [4.78, 5) is 7.49. The minimum Gasteiger partial charge on any atom is -0.307 e. The number of nitrogens with zero attached hydrogens (tertiary/aromatic N) is 1. The number of thioether (sulfide) groups is 1. The van der Waals surface area contributed by atoms with E-state index in [2.05, 4.69) is 63.3 Å². The van der Waals surface area contributed by atoms with Crippen LogP contribution in [0.1, 0.15) is 43.3 Å². The van der Waals surface area contributed by atoms with E-state index >= 15 is 0 Å². The molecule has 0 unspecified atom stereocenters. The van der Waals surface area contributed by atoms with Gasteiger partial charge in [-0.3, -0.25) is 0 Å². The molecule has 2 rings (SSSR count). The second-order valence-corrected chi connectivity index (χ2v) is 8.25. The molecule has 0 radical (unpaired) electrons. The summed E-state index contributed by atoms with van der Waals surface area (Å²) < 4.78 is 0. The number of hydrogen-bond donors (Lipinski definition) is 1. The SMILES string of the molecule is CCc1nc(CSc2ccccc2)sc1CNC(C)(C)C. The highest BCUT2D eigenvalue weighted by molar-refractivity contribution is 7.98. The monoisotopic (exact) mass is 320 g/mol. The fourth-order valence-corrected chi connectivity index (χ4v) is 3.93. The van der Waals surface area contributed by atoms with Gasteiger partial charge in [0, 0.05) is 21.9 Å². The number of aromatic nitrogens is 1. The Labute approximate surface area is 136 Å². The summed E-state index contributed by atoms with van der Waals surface area (Å²) in [6.45, 7) is 9.70. The summed E-state index contributed by atoms with van der Waals surface area (Å²) in [6.07, 6.45) is 1.01. The third kappa shape index (κ3) is 5.46. The average Bonchev–Trinajstić information content (AvgIpc) is 2.86. The zero-order chi connectivity index (χ0) is 15.3. The summed E-state index contributed by atoms with van der Waals surface area (Å²) in [5.41, 5.74) is 1.40. The van der Waals surface area contributed by atoms with E-state index in [0.717, 1.165) is 18.7 Å². The van der Waals surface area contributed by atoms with Crippen molar-refractivity contribution in [2.24, 2.45) is 0 Å². The second-order valence-electron chi connectivity index (χ2n) is 6.04. The van der Waals surface area contributed by atoms with Gasteiger partial charge in [-0.1, -0.05) is 25.1 Å². The Morgan fingerprint density at radius 2 is 1.90 bits per heavy atom. The van der Waals surface area contributed by atoms with Crippen molar-refractivity contribution in [3.8, 4) is 0 Å². The predicted octanol–water partition coefficient (Wildman–Crippen LogP) is 4.89. The van der Waals surface area contributed by atoms with Crippen LogP contribution < -0.4 is 5.32 Å². The quantitative estimate of drug-likeness (QED) is 0.767. The normalized spacial score (nSPS) is 11.8. The molecule has 1 aromatic heterocycles. The largest absolute Gasteiger partial charge is 0.307 e. The lowest BCUT2D eigenvalue weighted by atomic mass is 10.1. The van der Waals surface area contributed by atoms with E-state index in [-0.39, 0.29) is 5.54 Å². The van der Waals surface area contributed by atoms with Crippen molar-refractivity contribution in [2.45, 2.75) is 56.8 Å². The molecule has 0 fully saturated rings. The number of rotatable bonds is 6. The van der Waals surface area contributed by atoms with E-state index in [1.807, 2.05) is 23.1 Å². The lowest BCUT2D eigenvalue weighted by Gasteiger charge is -2.20. The van der Waals surface area contributed by atoms with Crippen molar-refractivity contribution in [1.82, 2.24) is 10.3 Å². The molecule has 0 aliphatic carbocycles. The van der Waals surface area contributed by atoms with Crippen LogP contribution in [0.2, 0.25) is 0 Å². The molecule has 2 aromatic rings. The van der Waals surface area contributed by atoms with Crippen molar-refractivity contribution in [3.63, 3.8) is 0 Å². The maximum atomic E-state index is 4.80. The summed E-state index contributed by atoms with van der Waals surface area (Å²) in [6, 6.07) is 10.5. The van der Waals surface area contributed by atoms with Crippen LogP contribution in [0.4, 0.5) is 0 Å². The summed E-state index contributed by atoms with van der Waals surface area (Å²) in [7, 11) is 0. The van der Waals surface area contributed by atoms with Crippen LogP contribution in [0, 0.1) is 0 Å². The Morgan fingerprint density at radius 3 is 2.52 bits per heavy atom. The second kappa shape index (κ2) is 7.43. The van der Waals surface area contributed by atoms with Gasteiger partial charge >= 0.3 is 0 Å². The highest BCUT2D eigenvalue weighted by atomic mass is 32.2. The number of aryl methyl sites for hydroxylation is 1. The van der Waals surface area contributed by atoms with Gasteiger partial charge in [0.05, 0.1) is 11.4 Å². The van der Waals surface area contributed by atoms with Crippen LogP contribution in [0.5, 0.6) is 0 Å². The van der Waals surface area contributed by atoms with Gasteiger partial charge < -0.3 is 5.32 Å². The maximum Gasteiger partial charge on any atom is 0.103 e. The van der Waals surface area contributed by atoms with Gasteiger partial charge in [0.25, 0.3) is 0 Å². The molecule has 0 atom stereocenters. The van der Waals surface area contributed by atoms with Gasteiger partial charge in [0.2, 0.25) is 0 Å². The highest BCUT2D eigenvalue weighted by Gasteiger charge is 2.14. The van der Waals surface area contributed by atoms with Crippen LogP contribution in [0.15, 0.2) is 35.2 Å². The number of hydrogen-bond acceptors (Lipinski definition) is 4. The standard InChI is InChI=1S/C17H24N2S2/c1-5-14-15(11-18-17(2,3)4)21-16(19-14)12-20-13-9-7-6-8-10-13/h6-10,18H,5,11-12H2,1-4H3. The average molecular weight is 321 g/mol. The van der Waals surface area contributed by atoms with Crippen molar-refractivity contribution in [3.05, 3.63) is 45.9 Å². The fourth-order valence-electron chi connectivity index (χ4n) is 1.92. The van der Waals surface area contributed by atoms with E-state index in [0.29, 0.717) is 0 Å². The molecule has 0 amide bonds. The zero-order valence-corrected chi connectivity index (χ0v) is 14.9. The predicted molar refractivity (Wildman–Crippen MR) is 94.1 cm³/mol. The van der Waals surface area contributed by atoms with Gasteiger partial charge in [-0.15, -0.1) is 23.1 Å². The van der Waals surface area contributed by atoms with E-state index in [1.54, 1.807) is 0 Å². The molecule has 1 N–H and O–H groups in total. The van der Waals surface area contributed by atoms with Gasteiger partial charge in [0.15, 0.2) is 0 Å². The Morgan fingerprint density at radius 1 is 1.19 bits per heavy atom. The molecule has 114 valence electrons. The van der Waals surface area contributed by atoms with Crippen molar-refractivity contribution >= 4 is 23.1 Å². The van der Waals surface area contributed by atoms with Gasteiger partial charge in [-0.25, -0.2) is 4.98 Å². The summed E-state index contributed by atoms with van der Waals surface area (Å²) in [5, 5.41) is 4.79. The lowest BCUT2D eigenvalue weighted by Crippen LogP contribution is -2.35. The van der Waals surface area contributed by atoms with E-state index < -0.39 is 0 Å². The van der Waals surface area contributed by atoms with Gasteiger partial charge in [0.1, 0.15) is 5.01 Å². The molecule has 1 heterocycles. The third-order valence-electron chi connectivity index (χ3n) is 3.04. The fraction of sp³-hybridized carbons (Fsp3) is 0.471. The number of thiazole rings is 1. The summed E-state index contributed by atoms with van der Waals surface area (Å²) >= 11 is 3.71. The molecule has 2 nitrogen and oxygen atoms in total. The molecule has 0 aliphatic heterocycles. The van der Waals surface area contributed by atoms with Crippen LogP contribution >= 0.6 is 23.1 Å². The molecular weight excluding hydrogens is 296 g/mol. The molecule has 0 aliphatic rings. The minimum absolute atomic E-state index is 0.147. The van der Waals surface area contributed by atoms with E-state index in [1.165, 1.54) is 20.5 Å². The van der Waals surface area contributed by atoms with Crippen molar-refractivity contribution < 1.29 is 0 Å². The van der Waals surface area contributed by atoms with Gasteiger partial charge in [-0.2, -0.15) is 0 Å². The van der Waals surface area contributed by atoms with Crippen LogP contribution in [0.3, 0.4) is 0 Å². The lowest BCUT2D eigenvalue weighted by molar-refractivity contribution is 0.425. The molecule has 4 heteroatoms. The first-order chi connectivity index (χ1) is 9.98. The molecule has 0 saturated heterocycles. The Hall–Kier alpha value is -0.840. The van der Waals surface area contributed by atoms with Crippen LogP contribution in [-0.4, -0.2) is 10.5 Å². The molecule has 0 bridgehead atoms. The number of benzene rings is 1.